The molecule has 11 heteroatoms. The van der Waals surface area contributed by atoms with Crippen LogP contribution < -0.4 is 15.4 Å². The highest BCUT2D eigenvalue weighted by Gasteiger charge is 2.14. The third kappa shape index (κ3) is 5.06. The Bertz CT molecular complexity index is 1080. The third-order valence-corrected chi connectivity index (χ3v) is 4.67. The van der Waals surface area contributed by atoms with Crippen LogP contribution in [0.5, 0.6) is 5.75 Å². The Kier molecular flexibility index (Phi) is 6.39. The number of benzene rings is 2. The molecule has 3 aromatic rings. The minimum Gasteiger partial charge on any atom is -0.494 e. The van der Waals surface area contributed by atoms with Crippen molar-refractivity contribution >= 4 is 50.5 Å². The Morgan fingerprint density at radius 1 is 1.34 bits per heavy atom. The van der Waals surface area contributed by atoms with Gasteiger partial charge >= 0.3 is 0 Å². The minimum atomic E-state index is -0.512. The zero-order valence-electron chi connectivity index (χ0n) is 15.1. The van der Waals surface area contributed by atoms with Crippen molar-refractivity contribution < 1.29 is 14.1 Å². The van der Waals surface area contributed by atoms with Gasteiger partial charge in [-0.2, -0.15) is 5.10 Å². The molecular weight excluding hydrogens is 465 g/mol. The number of thiocarbonyl (C=S) groups is 1. The highest BCUT2D eigenvalue weighted by Crippen LogP contribution is 2.29. The molecule has 0 fully saturated rings. The molecule has 0 saturated heterocycles. The SMILES string of the molecule is COc1cc([N+](=O)[O-])ccc1NC(=S)Nc1nn(Cc2ccccc2F)cc1Br. The van der Waals surface area contributed by atoms with E-state index in [-0.39, 0.29) is 28.9 Å². The summed E-state index contributed by atoms with van der Waals surface area (Å²) in [6.45, 7) is 0.253. The summed E-state index contributed by atoms with van der Waals surface area (Å²) >= 11 is 8.68. The molecule has 29 heavy (non-hydrogen) atoms. The number of ether oxygens (including phenoxy) is 1. The molecule has 1 aromatic heterocycles. The molecule has 2 N–H and O–H groups in total. The van der Waals surface area contributed by atoms with E-state index < -0.39 is 4.92 Å². The van der Waals surface area contributed by atoms with Crippen LogP contribution in [0.1, 0.15) is 5.56 Å². The summed E-state index contributed by atoms with van der Waals surface area (Å²) in [5.74, 6) is 0.392. The van der Waals surface area contributed by atoms with Gasteiger partial charge < -0.3 is 15.4 Å². The van der Waals surface area contributed by atoms with E-state index in [1.54, 1.807) is 29.1 Å². The summed E-state index contributed by atoms with van der Waals surface area (Å²) in [4.78, 5) is 10.4. The molecular formula is C18H15BrFN5O3S. The second-order valence-electron chi connectivity index (χ2n) is 5.84. The first-order chi connectivity index (χ1) is 13.9. The van der Waals surface area contributed by atoms with Gasteiger partial charge in [0.05, 0.1) is 34.8 Å². The number of rotatable bonds is 6. The number of nitrogens with zero attached hydrogens (tertiary/aromatic N) is 3. The lowest BCUT2D eigenvalue weighted by molar-refractivity contribution is -0.384. The number of anilines is 2. The third-order valence-electron chi connectivity index (χ3n) is 3.88. The Labute approximate surface area is 179 Å². The molecule has 0 saturated carbocycles. The number of halogens is 2. The Morgan fingerprint density at radius 2 is 2.10 bits per heavy atom. The molecule has 0 aliphatic rings. The standard InChI is InChI=1S/C18H15BrFN5O3S/c1-28-16-8-12(25(26)27)6-7-15(16)21-18(29)22-17-13(19)10-24(23-17)9-11-4-2-3-5-14(11)20/h2-8,10H,9H2,1H3,(H2,21,22,23,29). The van der Waals surface area contributed by atoms with Gasteiger partial charge in [0.25, 0.3) is 5.69 Å². The van der Waals surface area contributed by atoms with Gasteiger partial charge in [-0.1, -0.05) is 18.2 Å². The molecule has 0 aliphatic heterocycles. The van der Waals surface area contributed by atoms with Crippen molar-refractivity contribution in [1.29, 1.82) is 0 Å². The predicted molar refractivity (Wildman–Crippen MR) is 115 cm³/mol. The van der Waals surface area contributed by atoms with Crippen molar-refractivity contribution in [2.75, 3.05) is 17.7 Å². The van der Waals surface area contributed by atoms with Crippen LogP contribution in [0, 0.1) is 15.9 Å². The molecule has 0 atom stereocenters. The van der Waals surface area contributed by atoms with Gasteiger partial charge in [0, 0.05) is 17.8 Å². The van der Waals surface area contributed by atoms with E-state index in [2.05, 4.69) is 31.7 Å². The van der Waals surface area contributed by atoms with Crippen molar-refractivity contribution in [2.45, 2.75) is 6.54 Å². The van der Waals surface area contributed by atoms with Gasteiger partial charge in [-0.05, 0) is 40.3 Å². The maximum absolute atomic E-state index is 13.8. The second-order valence-corrected chi connectivity index (χ2v) is 7.10. The summed E-state index contributed by atoms with van der Waals surface area (Å²) in [6, 6.07) is 10.6. The van der Waals surface area contributed by atoms with E-state index in [1.165, 1.54) is 31.4 Å². The van der Waals surface area contributed by atoms with E-state index >= 15 is 0 Å². The van der Waals surface area contributed by atoms with Crippen molar-refractivity contribution in [1.82, 2.24) is 9.78 Å². The fourth-order valence-corrected chi connectivity index (χ4v) is 3.14. The zero-order valence-corrected chi connectivity index (χ0v) is 17.5. The minimum absolute atomic E-state index is 0.0964. The molecule has 0 bridgehead atoms. The molecule has 150 valence electrons. The van der Waals surface area contributed by atoms with Crippen LogP contribution in [0.3, 0.4) is 0 Å². The van der Waals surface area contributed by atoms with Crippen molar-refractivity contribution in [3.05, 3.63) is 74.6 Å². The van der Waals surface area contributed by atoms with Crippen LogP contribution in [0.2, 0.25) is 0 Å². The molecule has 1 heterocycles. The molecule has 8 nitrogen and oxygen atoms in total. The Morgan fingerprint density at radius 3 is 2.79 bits per heavy atom. The first-order valence-electron chi connectivity index (χ1n) is 8.24. The maximum atomic E-state index is 13.8. The van der Waals surface area contributed by atoms with Crippen LogP contribution in [0.25, 0.3) is 0 Å². The fourth-order valence-electron chi connectivity index (χ4n) is 2.52. The van der Waals surface area contributed by atoms with E-state index in [4.69, 9.17) is 17.0 Å². The normalized spacial score (nSPS) is 10.4. The molecule has 0 unspecified atom stereocenters. The summed E-state index contributed by atoms with van der Waals surface area (Å²) in [7, 11) is 1.40. The molecule has 0 amide bonds. The number of nitro groups is 1. The van der Waals surface area contributed by atoms with Crippen molar-refractivity contribution in [2.24, 2.45) is 0 Å². The number of aromatic nitrogens is 2. The summed E-state index contributed by atoms with van der Waals surface area (Å²) in [5.41, 5.74) is 0.865. The van der Waals surface area contributed by atoms with Gasteiger partial charge in [-0.25, -0.2) is 4.39 Å². The summed E-state index contributed by atoms with van der Waals surface area (Å²) in [5, 5.41) is 21.3. The topological polar surface area (TPSA) is 94.2 Å². The van der Waals surface area contributed by atoms with Crippen LogP contribution in [-0.4, -0.2) is 26.9 Å². The van der Waals surface area contributed by atoms with E-state index in [0.717, 1.165) is 0 Å². The number of nitrogens with one attached hydrogen (secondary N) is 2. The smallest absolute Gasteiger partial charge is 0.273 e. The van der Waals surface area contributed by atoms with E-state index in [0.29, 0.717) is 21.5 Å². The van der Waals surface area contributed by atoms with Crippen LogP contribution in [0.4, 0.5) is 21.6 Å². The van der Waals surface area contributed by atoms with Gasteiger partial charge in [-0.15, -0.1) is 0 Å². The average Bonchev–Trinajstić information content (AvgIpc) is 3.02. The summed E-state index contributed by atoms with van der Waals surface area (Å²) in [6.07, 6.45) is 1.70. The van der Waals surface area contributed by atoms with Crippen LogP contribution in [0.15, 0.2) is 53.1 Å². The average molecular weight is 480 g/mol. The fraction of sp³-hybridized carbons (Fsp3) is 0.111. The van der Waals surface area contributed by atoms with E-state index in [1.807, 2.05) is 0 Å². The molecule has 0 radical (unpaired) electrons. The first-order valence-corrected chi connectivity index (χ1v) is 9.44. The number of non-ortho nitro benzene ring substituents is 1. The Hall–Kier alpha value is -3.05. The lowest BCUT2D eigenvalue weighted by atomic mass is 10.2. The van der Waals surface area contributed by atoms with Gasteiger partial charge in [0.15, 0.2) is 10.9 Å². The molecule has 0 spiro atoms. The zero-order chi connectivity index (χ0) is 21.0. The quantitative estimate of drug-likeness (QED) is 0.304. The van der Waals surface area contributed by atoms with Crippen LogP contribution >= 0.6 is 28.1 Å². The highest BCUT2D eigenvalue weighted by atomic mass is 79.9. The number of methoxy groups -OCH3 is 1. The number of nitro benzene ring substituents is 1. The lowest BCUT2D eigenvalue weighted by Crippen LogP contribution is -2.20. The predicted octanol–water partition coefficient (Wildman–Crippen LogP) is 4.56. The Balaban J connectivity index is 1.71. The van der Waals surface area contributed by atoms with Crippen molar-refractivity contribution in [3.63, 3.8) is 0 Å². The maximum Gasteiger partial charge on any atom is 0.273 e. The molecule has 3 rings (SSSR count). The lowest BCUT2D eigenvalue weighted by Gasteiger charge is -2.12. The van der Waals surface area contributed by atoms with Crippen LogP contribution in [-0.2, 0) is 6.54 Å². The number of hydrogen-bond acceptors (Lipinski definition) is 5. The molecule has 2 aromatic carbocycles. The highest BCUT2D eigenvalue weighted by molar-refractivity contribution is 9.10. The number of hydrogen-bond donors (Lipinski definition) is 2. The van der Waals surface area contributed by atoms with E-state index in [9.17, 15) is 14.5 Å². The monoisotopic (exact) mass is 479 g/mol. The van der Waals surface area contributed by atoms with Gasteiger partial charge in [0.2, 0.25) is 0 Å². The largest absolute Gasteiger partial charge is 0.494 e. The summed E-state index contributed by atoms with van der Waals surface area (Å²) < 4.78 is 21.2. The molecule has 0 aliphatic carbocycles. The second kappa shape index (κ2) is 8.97. The van der Waals surface area contributed by atoms with Crippen molar-refractivity contribution in [3.8, 4) is 5.75 Å². The van der Waals surface area contributed by atoms with Gasteiger partial charge in [-0.3, -0.25) is 14.8 Å². The van der Waals surface area contributed by atoms with Gasteiger partial charge in [0.1, 0.15) is 11.6 Å². The first kappa shape index (κ1) is 20.7.